The number of piperidine rings is 1. The van der Waals surface area contributed by atoms with Gasteiger partial charge in [-0.05, 0) is 33.7 Å². The van der Waals surface area contributed by atoms with Gasteiger partial charge in [0.25, 0.3) is 0 Å². The third kappa shape index (κ3) is 2.80. The van der Waals surface area contributed by atoms with Crippen LogP contribution in [0.3, 0.4) is 0 Å². The van der Waals surface area contributed by atoms with Crippen LogP contribution < -0.4 is 5.32 Å². The molecule has 2 heterocycles. The molecule has 2 aliphatic rings. The van der Waals surface area contributed by atoms with E-state index in [1.807, 2.05) is 25.7 Å². The fourth-order valence-electron chi connectivity index (χ4n) is 2.29. The molecule has 0 radical (unpaired) electrons. The second kappa shape index (κ2) is 4.80. The van der Waals surface area contributed by atoms with E-state index in [0.29, 0.717) is 12.0 Å². The van der Waals surface area contributed by atoms with Crippen LogP contribution in [-0.2, 0) is 4.74 Å². The van der Waals surface area contributed by atoms with Gasteiger partial charge < -0.3 is 15.0 Å². The van der Waals surface area contributed by atoms with Crippen LogP contribution in [0.25, 0.3) is 0 Å². The fraction of sp³-hybridized carbons (Fsp3) is 0.909. The Hall–Kier alpha value is -0.480. The molecule has 0 aromatic heterocycles. The summed E-state index contributed by atoms with van der Waals surface area (Å²) >= 11 is 0. The average molecular weight is 249 g/mol. The normalized spacial score (nSPS) is 28.6. The molecule has 2 aliphatic heterocycles. The van der Waals surface area contributed by atoms with Gasteiger partial charge in [0.15, 0.2) is 0 Å². The van der Waals surface area contributed by atoms with Crippen molar-refractivity contribution in [3.8, 4) is 0 Å². The predicted octanol–water partition coefficient (Wildman–Crippen LogP) is 1.64. The number of hydrogen-bond donors (Lipinski definition) is 1. The van der Waals surface area contributed by atoms with Crippen LogP contribution in [0.2, 0.25) is 0 Å². The molecule has 2 rings (SSSR count). The van der Waals surface area contributed by atoms with Crippen molar-refractivity contribution in [2.75, 3.05) is 19.6 Å². The van der Waals surface area contributed by atoms with E-state index < -0.39 is 0 Å². The summed E-state index contributed by atoms with van der Waals surface area (Å²) in [5.74, 6) is 0.645. The SMILES string of the molecule is CC(C)(C)OC(=O)N1C[C@H]2CNCC[C@@H]21.Cl. The summed E-state index contributed by atoms with van der Waals surface area (Å²) in [6, 6.07) is 0.418. The molecular weight excluding hydrogens is 228 g/mol. The maximum atomic E-state index is 11.8. The maximum Gasteiger partial charge on any atom is 0.410 e. The lowest BCUT2D eigenvalue weighted by Crippen LogP contribution is -2.64. The second-order valence-electron chi connectivity index (χ2n) is 5.45. The molecule has 4 nitrogen and oxygen atoms in total. The molecule has 0 aromatic carbocycles. The third-order valence-electron chi connectivity index (χ3n) is 3.03. The molecule has 16 heavy (non-hydrogen) atoms. The van der Waals surface area contributed by atoms with Gasteiger partial charge in [-0.1, -0.05) is 0 Å². The van der Waals surface area contributed by atoms with E-state index in [1.165, 1.54) is 0 Å². The number of likely N-dealkylation sites (tertiary alicyclic amines) is 1. The van der Waals surface area contributed by atoms with Gasteiger partial charge in [0, 0.05) is 25.0 Å². The summed E-state index contributed by atoms with van der Waals surface area (Å²) in [6.45, 7) is 8.64. The Morgan fingerprint density at radius 1 is 1.44 bits per heavy atom. The van der Waals surface area contributed by atoms with E-state index in [1.54, 1.807) is 0 Å². The smallest absolute Gasteiger partial charge is 0.410 e. The van der Waals surface area contributed by atoms with Crippen molar-refractivity contribution in [1.82, 2.24) is 10.2 Å². The van der Waals surface area contributed by atoms with Gasteiger partial charge in [-0.2, -0.15) is 0 Å². The summed E-state index contributed by atoms with van der Waals surface area (Å²) in [7, 11) is 0. The molecule has 2 saturated heterocycles. The van der Waals surface area contributed by atoms with Crippen molar-refractivity contribution < 1.29 is 9.53 Å². The number of carbonyl (C=O) groups is 1. The first-order chi connectivity index (χ1) is 6.97. The van der Waals surface area contributed by atoms with Crippen molar-refractivity contribution in [3.63, 3.8) is 0 Å². The number of amides is 1. The molecule has 0 aromatic rings. The third-order valence-corrected chi connectivity index (χ3v) is 3.03. The minimum atomic E-state index is -0.380. The number of fused-ring (bicyclic) bond motifs is 1. The second-order valence-corrected chi connectivity index (χ2v) is 5.45. The van der Waals surface area contributed by atoms with Crippen molar-refractivity contribution in [1.29, 1.82) is 0 Å². The molecule has 5 heteroatoms. The number of nitrogens with one attached hydrogen (secondary N) is 1. The van der Waals surface area contributed by atoms with E-state index >= 15 is 0 Å². The molecule has 1 amide bonds. The summed E-state index contributed by atoms with van der Waals surface area (Å²) in [5.41, 5.74) is -0.380. The first-order valence-corrected chi connectivity index (χ1v) is 5.68. The lowest BCUT2D eigenvalue weighted by Gasteiger charge is -2.50. The molecule has 0 bridgehead atoms. The van der Waals surface area contributed by atoms with E-state index in [9.17, 15) is 4.79 Å². The molecule has 0 aliphatic carbocycles. The van der Waals surface area contributed by atoms with Crippen LogP contribution in [0.1, 0.15) is 27.2 Å². The standard InChI is InChI=1S/C11H20N2O2.ClH/c1-11(2,3)15-10(14)13-7-8-6-12-5-4-9(8)13;/h8-9,12H,4-7H2,1-3H3;1H/t8-,9+;/m1./s1. The zero-order valence-corrected chi connectivity index (χ0v) is 11.0. The highest BCUT2D eigenvalue weighted by molar-refractivity contribution is 5.85. The number of carbonyl (C=O) groups excluding carboxylic acids is 1. The predicted molar refractivity (Wildman–Crippen MR) is 65.0 cm³/mol. The fourth-order valence-corrected chi connectivity index (χ4v) is 2.29. The molecule has 0 spiro atoms. The quantitative estimate of drug-likeness (QED) is 0.709. The highest BCUT2D eigenvalue weighted by atomic mass is 35.5. The highest BCUT2D eigenvalue weighted by Gasteiger charge is 2.44. The Kier molecular flexibility index (Phi) is 4.07. The number of hydrogen-bond acceptors (Lipinski definition) is 3. The van der Waals surface area contributed by atoms with Crippen LogP contribution in [0.5, 0.6) is 0 Å². The summed E-state index contributed by atoms with van der Waals surface area (Å²) < 4.78 is 5.36. The average Bonchev–Trinajstić information content (AvgIpc) is 2.03. The molecule has 2 fully saturated rings. The van der Waals surface area contributed by atoms with Crippen molar-refractivity contribution in [3.05, 3.63) is 0 Å². The summed E-state index contributed by atoms with van der Waals surface area (Å²) in [6.07, 6.45) is 0.912. The van der Waals surface area contributed by atoms with Crippen molar-refractivity contribution in [2.24, 2.45) is 5.92 Å². The van der Waals surface area contributed by atoms with Crippen molar-refractivity contribution in [2.45, 2.75) is 38.8 Å². The minimum absolute atomic E-state index is 0. The molecular formula is C11H21ClN2O2. The Morgan fingerprint density at radius 3 is 2.69 bits per heavy atom. The zero-order valence-electron chi connectivity index (χ0n) is 10.2. The van der Waals surface area contributed by atoms with Gasteiger partial charge in [0.05, 0.1) is 0 Å². The van der Waals surface area contributed by atoms with Crippen LogP contribution in [-0.4, -0.2) is 42.3 Å². The largest absolute Gasteiger partial charge is 0.444 e. The monoisotopic (exact) mass is 248 g/mol. The lowest BCUT2D eigenvalue weighted by molar-refractivity contribution is -0.0385. The van der Waals surface area contributed by atoms with E-state index in [4.69, 9.17) is 4.74 Å². The molecule has 94 valence electrons. The first-order valence-electron chi connectivity index (χ1n) is 5.68. The molecule has 0 saturated carbocycles. The highest BCUT2D eigenvalue weighted by Crippen LogP contribution is 2.30. The molecule has 1 N–H and O–H groups in total. The summed E-state index contributed by atoms with van der Waals surface area (Å²) in [5, 5.41) is 3.35. The van der Waals surface area contributed by atoms with Crippen LogP contribution >= 0.6 is 12.4 Å². The topological polar surface area (TPSA) is 41.6 Å². The van der Waals surface area contributed by atoms with Crippen LogP contribution in [0, 0.1) is 5.92 Å². The molecule has 0 unspecified atom stereocenters. The van der Waals surface area contributed by atoms with E-state index in [-0.39, 0.29) is 24.1 Å². The zero-order chi connectivity index (χ0) is 11.1. The van der Waals surface area contributed by atoms with E-state index in [0.717, 1.165) is 26.1 Å². The number of halogens is 1. The maximum absolute atomic E-state index is 11.8. The van der Waals surface area contributed by atoms with Crippen LogP contribution in [0.4, 0.5) is 4.79 Å². The van der Waals surface area contributed by atoms with Gasteiger partial charge in [0.2, 0.25) is 0 Å². The minimum Gasteiger partial charge on any atom is -0.444 e. The Balaban J connectivity index is 0.00000128. The first kappa shape index (κ1) is 13.6. The number of nitrogens with zero attached hydrogens (tertiary/aromatic N) is 1. The van der Waals surface area contributed by atoms with E-state index in [2.05, 4.69) is 5.32 Å². The lowest BCUT2D eigenvalue weighted by atomic mass is 9.84. The van der Waals surface area contributed by atoms with Gasteiger partial charge in [-0.15, -0.1) is 12.4 Å². The Labute approximate surface area is 103 Å². The Bertz CT molecular complexity index is 265. The Morgan fingerprint density at radius 2 is 2.12 bits per heavy atom. The van der Waals surface area contributed by atoms with Gasteiger partial charge in [-0.25, -0.2) is 4.79 Å². The molecule has 2 atom stereocenters. The van der Waals surface area contributed by atoms with Crippen LogP contribution in [0.15, 0.2) is 0 Å². The van der Waals surface area contributed by atoms with Gasteiger partial charge >= 0.3 is 6.09 Å². The summed E-state index contributed by atoms with van der Waals surface area (Å²) in [4.78, 5) is 13.7. The number of rotatable bonds is 0. The van der Waals surface area contributed by atoms with Crippen molar-refractivity contribution >= 4 is 18.5 Å². The van der Waals surface area contributed by atoms with Gasteiger partial charge in [-0.3, -0.25) is 0 Å². The number of ether oxygens (including phenoxy) is 1. The van der Waals surface area contributed by atoms with Gasteiger partial charge in [0.1, 0.15) is 5.60 Å².